The quantitative estimate of drug-likeness (QED) is 0.683. The van der Waals surface area contributed by atoms with Gasteiger partial charge in [0.25, 0.3) is 0 Å². The molecule has 5 heteroatoms. The molecular weight excluding hydrogens is 341 g/mol. The van der Waals surface area contributed by atoms with Crippen LogP contribution in [0, 0.1) is 24.1 Å². The summed E-state index contributed by atoms with van der Waals surface area (Å²) in [5.41, 5.74) is 3.23. The van der Waals surface area contributed by atoms with Crippen LogP contribution in [0.2, 0.25) is 0 Å². The number of aromatic nitrogens is 1. The van der Waals surface area contributed by atoms with Crippen LogP contribution < -0.4 is 4.90 Å². The Balaban J connectivity index is 1.85. The van der Waals surface area contributed by atoms with Crippen molar-refractivity contribution in [2.75, 3.05) is 24.6 Å². The lowest BCUT2D eigenvalue weighted by Gasteiger charge is -2.42. The fraction of sp³-hybridized carbons (Fsp3) is 0.273. The van der Waals surface area contributed by atoms with Gasteiger partial charge in [-0.25, -0.2) is 4.39 Å². The van der Waals surface area contributed by atoms with E-state index in [4.69, 9.17) is 4.74 Å². The molecule has 0 N–H and O–H groups in total. The zero-order valence-electron chi connectivity index (χ0n) is 15.4. The summed E-state index contributed by atoms with van der Waals surface area (Å²) in [5, 5.41) is 10.3. The maximum Gasteiger partial charge on any atom is 0.124 e. The van der Waals surface area contributed by atoms with Gasteiger partial charge in [-0.2, -0.15) is 5.26 Å². The summed E-state index contributed by atoms with van der Waals surface area (Å²) >= 11 is 0. The average Bonchev–Trinajstić information content (AvgIpc) is 2.67. The molecule has 136 valence electrons. The summed E-state index contributed by atoms with van der Waals surface area (Å²) in [7, 11) is 0. The molecule has 4 rings (SSSR count). The molecule has 0 saturated carbocycles. The van der Waals surface area contributed by atoms with Crippen LogP contribution >= 0.6 is 0 Å². The van der Waals surface area contributed by atoms with Gasteiger partial charge in [0, 0.05) is 18.1 Å². The van der Waals surface area contributed by atoms with Gasteiger partial charge in [0.1, 0.15) is 17.5 Å². The number of nitrogens with zero attached hydrogens (tertiary/aromatic N) is 3. The van der Waals surface area contributed by atoms with Crippen LogP contribution in [0.4, 0.5) is 10.1 Å². The number of halogens is 1. The molecule has 0 bridgehead atoms. The molecule has 2 aromatic carbocycles. The van der Waals surface area contributed by atoms with Gasteiger partial charge in [-0.05, 0) is 37.1 Å². The van der Waals surface area contributed by atoms with Crippen LogP contribution in [0.25, 0.3) is 10.9 Å². The Labute approximate surface area is 157 Å². The number of ether oxygens (including phenoxy) is 1. The third-order valence-corrected chi connectivity index (χ3v) is 5.19. The van der Waals surface area contributed by atoms with Crippen LogP contribution in [0.1, 0.15) is 23.6 Å². The van der Waals surface area contributed by atoms with Gasteiger partial charge in [0.2, 0.25) is 0 Å². The smallest absolute Gasteiger partial charge is 0.124 e. The first kappa shape index (κ1) is 17.4. The summed E-state index contributed by atoms with van der Waals surface area (Å²) in [6.07, 6.45) is 1.58. The van der Waals surface area contributed by atoms with Crippen LogP contribution in [0.15, 0.2) is 48.7 Å². The molecule has 27 heavy (non-hydrogen) atoms. The number of aryl methyl sites for hydroxylation is 1. The number of hydrogen-bond donors (Lipinski definition) is 0. The maximum atomic E-state index is 14.1. The molecule has 4 nitrogen and oxygen atoms in total. The number of fused-ring (bicyclic) bond motifs is 1. The molecule has 1 saturated heterocycles. The van der Waals surface area contributed by atoms with Crippen LogP contribution in [-0.2, 0) is 10.3 Å². The highest BCUT2D eigenvalue weighted by Gasteiger charge is 2.35. The van der Waals surface area contributed by atoms with Gasteiger partial charge >= 0.3 is 0 Å². The van der Waals surface area contributed by atoms with Crippen molar-refractivity contribution in [2.24, 2.45) is 0 Å². The van der Waals surface area contributed by atoms with Gasteiger partial charge in [-0.15, -0.1) is 0 Å². The van der Waals surface area contributed by atoms with Gasteiger partial charge in [-0.3, -0.25) is 4.98 Å². The molecule has 0 aliphatic carbocycles. The van der Waals surface area contributed by atoms with E-state index in [9.17, 15) is 9.65 Å². The Bertz CT molecular complexity index is 1040. The number of pyridine rings is 1. The number of hydrogen-bond acceptors (Lipinski definition) is 4. The maximum absolute atomic E-state index is 14.1. The molecule has 1 atom stereocenters. The lowest BCUT2D eigenvalue weighted by molar-refractivity contribution is -0.0465. The lowest BCUT2D eigenvalue weighted by Crippen LogP contribution is -2.48. The second-order valence-corrected chi connectivity index (χ2v) is 7.12. The standard InChI is InChI=1S/C22H20FN3O/c1-15-10-18(23)11-19-20(15)25-13-16(12-24)21(19)26-8-9-27-22(2,14-26)17-6-4-3-5-7-17/h3-7,10-11,13H,8-9,14H2,1-2H3. The predicted octanol–water partition coefficient (Wildman–Crippen LogP) is 4.31. The van der Waals surface area contributed by atoms with E-state index in [0.717, 1.165) is 22.3 Å². The molecule has 1 unspecified atom stereocenters. The molecule has 0 spiro atoms. The van der Waals surface area contributed by atoms with E-state index in [2.05, 4.69) is 22.9 Å². The molecule has 1 aromatic heterocycles. The highest BCUT2D eigenvalue weighted by Crippen LogP contribution is 2.37. The van der Waals surface area contributed by atoms with E-state index in [1.807, 2.05) is 37.3 Å². The van der Waals surface area contributed by atoms with Crippen LogP contribution in [0.5, 0.6) is 0 Å². The Hall–Kier alpha value is -2.97. The fourth-order valence-electron chi connectivity index (χ4n) is 3.87. The molecular formula is C22H20FN3O. The average molecular weight is 361 g/mol. The van der Waals surface area contributed by atoms with Crippen LogP contribution in [-0.4, -0.2) is 24.7 Å². The summed E-state index contributed by atoms with van der Waals surface area (Å²) in [6, 6.07) is 15.2. The van der Waals surface area contributed by atoms with Crippen molar-refractivity contribution in [3.8, 4) is 6.07 Å². The summed E-state index contributed by atoms with van der Waals surface area (Å²) in [4.78, 5) is 6.52. The van der Waals surface area contributed by atoms with E-state index in [-0.39, 0.29) is 5.82 Å². The monoisotopic (exact) mass is 361 g/mol. The van der Waals surface area contributed by atoms with Crippen LogP contribution in [0.3, 0.4) is 0 Å². The number of benzene rings is 2. The van der Waals surface area contributed by atoms with E-state index < -0.39 is 5.60 Å². The molecule has 3 aromatic rings. The largest absolute Gasteiger partial charge is 0.367 e. The fourth-order valence-corrected chi connectivity index (χ4v) is 3.87. The lowest BCUT2D eigenvalue weighted by atomic mass is 9.93. The first-order chi connectivity index (χ1) is 13.0. The van der Waals surface area contributed by atoms with E-state index >= 15 is 0 Å². The summed E-state index contributed by atoms with van der Waals surface area (Å²) in [6.45, 7) is 5.61. The van der Waals surface area contributed by atoms with Crippen molar-refractivity contribution in [2.45, 2.75) is 19.4 Å². The zero-order valence-corrected chi connectivity index (χ0v) is 15.4. The third kappa shape index (κ3) is 3.02. The van der Waals surface area contributed by atoms with Crippen molar-refractivity contribution in [3.05, 3.63) is 71.2 Å². The van der Waals surface area contributed by atoms with Gasteiger partial charge in [0.05, 0.1) is 29.9 Å². The minimum atomic E-state index is -0.510. The van der Waals surface area contributed by atoms with Crippen molar-refractivity contribution in [3.63, 3.8) is 0 Å². The predicted molar refractivity (Wildman–Crippen MR) is 103 cm³/mol. The molecule has 0 radical (unpaired) electrons. The van der Waals surface area contributed by atoms with Gasteiger partial charge in [-0.1, -0.05) is 30.3 Å². The topological polar surface area (TPSA) is 49.1 Å². The Morgan fingerprint density at radius 2 is 2.04 bits per heavy atom. The molecule has 1 fully saturated rings. The third-order valence-electron chi connectivity index (χ3n) is 5.19. The Kier molecular flexibility index (Phi) is 4.29. The van der Waals surface area contributed by atoms with E-state index in [0.29, 0.717) is 30.6 Å². The molecule has 0 amide bonds. The van der Waals surface area contributed by atoms with E-state index in [1.54, 1.807) is 6.20 Å². The minimum Gasteiger partial charge on any atom is -0.367 e. The minimum absolute atomic E-state index is 0.322. The highest BCUT2D eigenvalue weighted by atomic mass is 19.1. The van der Waals surface area contributed by atoms with Gasteiger partial charge < -0.3 is 9.64 Å². The normalized spacial score (nSPS) is 19.9. The summed E-state index contributed by atoms with van der Waals surface area (Å²) < 4.78 is 20.3. The van der Waals surface area contributed by atoms with Crippen molar-refractivity contribution in [1.29, 1.82) is 5.26 Å². The first-order valence-corrected chi connectivity index (χ1v) is 8.95. The second-order valence-electron chi connectivity index (χ2n) is 7.12. The van der Waals surface area contributed by atoms with Crippen molar-refractivity contribution in [1.82, 2.24) is 4.98 Å². The number of nitriles is 1. The number of morpholine rings is 1. The first-order valence-electron chi connectivity index (χ1n) is 8.95. The van der Waals surface area contributed by atoms with Crippen molar-refractivity contribution >= 4 is 16.6 Å². The highest BCUT2D eigenvalue weighted by molar-refractivity contribution is 5.96. The second kappa shape index (κ2) is 6.64. The Morgan fingerprint density at radius 3 is 2.78 bits per heavy atom. The molecule has 1 aliphatic heterocycles. The molecule has 2 heterocycles. The Morgan fingerprint density at radius 1 is 1.26 bits per heavy atom. The van der Waals surface area contributed by atoms with Gasteiger partial charge in [0.15, 0.2) is 0 Å². The summed E-state index contributed by atoms with van der Waals surface area (Å²) in [5.74, 6) is -0.322. The van der Waals surface area contributed by atoms with E-state index in [1.165, 1.54) is 12.1 Å². The number of rotatable bonds is 2. The SMILES string of the molecule is Cc1cc(F)cc2c(N3CCOC(C)(c4ccccc4)C3)c(C#N)cnc12. The van der Waals surface area contributed by atoms with Crippen molar-refractivity contribution < 1.29 is 9.13 Å². The zero-order chi connectivity index (χ0) is 19.0. The molecule has 1 aliphatic rings. The number of anilines is 1.